The van der Waals surface area contributed by atoms with E-state index in [2.05, 4.69) is 36.2 Å². The molecule has 0 saturated carbocycles. The molecule has 0 unspecified atom stereocenters. The normalized spacial score (nSPS) is 13.8. The zero-order chi connectivity index (χ0) is 16.9. The van der Waals surface area contributed by atoms with Gasteiger partial charge in [0.25, 0.3) is 0 Å². The minimum absolute atomic E-state index is 0.102. The molecular formula is C19H24N2O2S. The quantitative estimate of drug-likeness (QED) is 0.646. The van der Waals surface area contributed by atoms with Crippen LogP contribution in [0.25, 0.3) is 0 Å². The maximum Gasteiger partial charge on any atom is 0.348 e. The number of thioether (sulfide) groups is 1. The Kier molecular flexibility index (Phi) is 5.74. The molecule has 5 heteroatoms. The maximum absolute atomic E-state index is 12.4. The van der Waals surface area contributed by atoms with Gasteiger partial charge in [-0.15, -0.1) is 11.8 Å². The van der Waals surface area contributed by atoms with Gasteiger partial charge in [0.1, 0.15) is 5.03 Å². The van der Waals surface area contributed by atoms with E-state index >= 15 is 0 Å². The first-order valence-electron chi connectivity index (χ1n) is 8.61. The predicted molar refractivity (Wildman–Crippen MR) is 97.6 cm³/mol. The third kappa shape index (κ3) is 3.90. The lowest BCUT2D eigenvalue weighted by Crippen LogP contribution is -2.30. The van der Waals surface area contributed by atoms with Crippen molar-refractivity contribution in [1.82, 2.24) is 9.55 Å². The molecule has 1 N–H and O–H groups in total. The summed E-state index contributed by atoms with van der Waals surface area (Å²) < 4.78 is 1.78. The lowest BCUT2D eigenvalue weighted by molar-refractivity contribution is 0.277. The molecule has 1 aliphatic carbocycles. The van der Waals surface area contributed by atoms with Crippen molar-refractivity contribution in [2.24, 2.45) is 0 Å². The number of hydrogen-bond donors (Lipinski definition) is 1. The van der Waals surface area contributed by atoms with Gasteiger partial charge in [0.2, 0.25) is 0 Å². The third-order valence-electron chi connectivity index (χ3n) is 4.45. The molecule has 0 atom stereocenters. The fourth-order valence-corrected chi connectivity index (χ4v) is 4.30. The first-order valence-corrected chi connectivity index (χ1v) is 9.59. The number of hydrogen-bond acceptors (Lipinski definition) is 4. The van der Waals surface area contributed by atoms with Crippen LogP contribution in [0.4, 0.5) is 0 Å². The van der Waals surface area contributed by atoms with Crippen molar-refractivity contribution < 1.29 is 5.11 Å². The van der Waals surface area contributed by atoms with Crippen molar-refractivity contribution in [3.63, 3.8) is 0 Å². The van der Waals surface area contributed by atoms with Crippen LogP contribution in [-0.4, -0.2) is 21.3 Å². The van der Waals surface area contributed by atoms with Crippen LogP contribution in [0.15, 0.2) is 34.1 Å². The first kappa shape index (κ1) is 17.2. The molecule has 3 rings (SSSR count). The average molecular weight is 344 g/mol. The van der Waals surface area contributed by atoms with E-state index in [1.165, 1.54) is 16.7 Å². The summed E-state index contributed by atoms with van der Waals surface area (Å²) in [6.45, 7) is 2.76. The van der Waals surface area contributed by atoms with E-state index in [0.717, 1.165) is 42.2 Å². The Morgan fingerprint density at radius 3 is 2.92 bits per heavy atom. The topological polar surface area (TPSA) is 55.1 Å². The van der Waals surface area contributed by atoms with Crippen molar-refractivity contribution in [1.29, 1.82) is 0 Å². The van der Waals surface area contributed by atoms with Crippen molar-refractivity contribution in [2.75, 3.05) is 6.61 Å². The van der Waals surface area contributed by atoms with Crippen molar-refractivity contribution >= 4 is 11.8 Å². The molecule has 4 nitrogen and oxygen atoms in total. The first-order chi connectivity index (χ1) is 11.7. The van der Waals surface area contributed by atoms with Crippen molar-refractivity contribution in [3.8, 4) is 0 Å². The Balaban J connectivity index is 1.88. The fraction of sp³-hybridized carbons (Fsp3) is 0.474. The van der Waals surface area contributed by atoms with Gasteiger partial charge in [-0.05, 0) is 44.6 Å². The van der Waals surface area contributed by atoms with E-state index in [1.54, 1.807) is 16.3 Å². The molecule has 0 saturated heterocycles. The van der Waals surface area contributed by atoms with Gasteiger partial charge < -0.3 is 5.11 Å². The number of aromatic nitrogens is 2. The van der Waals surface area contributed by atoms with Crippen LogP contribution in [-0.2, 0) is 25.1 Å². The summed E-state index contributed by atoms with van der Waals surface area (Å²) in [5.74, 6) is 0.835. The Morgan fingerprint density at radius 2 is 2.12 bits per heavy atom. The highest BCUT2D eigenvalue weighted by molar-refractivity contribution is 7.98. The highest BCUT2D eigenvalue weighted by Crippen LogP contribution is 2.30. The Labute approximate surface area is 146 Å². The van der Waals surface area contributed by atoms with Crippen LogP contribution in [0, 0.1) is 6.92 Å². The maximum atomic E-state index is 12.4. The van der Waals surface area contributed by atoms with E-state index in [0.29, 0.717) is 13.0 Å². The Bertz CT molecular complexity index is 770. The fourth-order valence-electron chi connectivity index (χ4n) is 3.28. The van der Waals surface area contributed by atoms with Gasteiger partial charge >= 0.3 is 5.69 Å². The molecule has 0 radical (unpaired) electrons. The predicted octanol–water partition coefficient (Wildman–Crippen LogP) is 3.11. The summed E-state index contributed by atoms with van der Waals surface area (Å²) in [4.78, 5) is 16.8. The summed E-state index contributed by atoms with van der Waals surface area (Å²) in [5, 5.41) is 9.97. The van der Waals surface area contributed by atoms with Crippen molar-refractivity contribution in [2.45, 2.75) is 56.4 Å². The van der Waals surface area contributed by atoms with Crippen LogP contribution >= 0.6 is 11.8 Å². The van der Waals surface area contributed by atoms with E-state index < -0.39 is 0 Å². The van der Waals surface area contributed by atoms with Gasteiger partial charge in [0.15, 0.2) is 0 Å². The molecule has 2 aromatic rings. The summed E-state index contributed by atoms with van der Waals surface area (Å²) in [6, 6.07) is 8.47. The number of aliphatic hydroxyl groups is 1. The molecule has 0 aliphatic heterocycles. The van der Waals surface area contributed by atoms with Crippen LogP contribution in [0.5, 0.6) is 0 Å². The molecule has 0 spiro atoms. The summed E-state index contributed by atoms with van der Waals surface area (Å²) >= 11 is 1.67. The minimum Gasteiger partial charge on any atom is -0.396 e. The molecule has 0 bridgehead atoms. The average Bonchev–Trinajstić information content (AvgIpc) is 2.59. The van der Waals surface area contributed by atoms with Crippen LogP contribution in [0.1, 0.15) is 41.6 Å². The van der Waals surface area contributed by atoms with Crippen LogP contribution in [0.3, 0.4) is 0 Å². The number of nitrogens with zero attached hydrogens (tertiary/aromatic N) is 2. The number of aryl methyl sites for hydroxylation is 1. The highest BCUT2D eigenvalue weighted by atomic mass is 32.2. The number of benzene rings is 1. The number of aliphatic hydroxyl groups excluding tert-OH is 1. The Hall–Kier alpha value is -1.59. The standard InChI is InChI=1S/C19H24N2O2S/c1-14-6-4-7-15(12-14)13-24-18-16-8-2-3-9-17(16)21(10-5-11-22)19(23)20-18/h4,6-7,12,22H,2-3,5,8-11,13H2,1H3. The largest absolute Gasteiger partial charge is 0.396 e. The van der Waals surface area contributed by atoms with Gasteiger partial charge in [0, 0.05) is 30.2 Å². The second-order valence-electron chi connectivity index (χ2n) is 6.34. The SMILES string of the molecule is Cc1cccc(CSc2nc(=O)n(CCCO)c3c2CCCC3)c1. The molecule has 0 fully saturated rings. The highest BCUT2D eigenvalue weighted by Gasteiger charge is 2.20. The lowest BCUT2D eigenvalue weighted by Gasteiger charge is -2.22. The van der Waals surface area contributed by atoms with E-state index in [9.17, 15) is 4.79 Å². The van der Waals surface area contributed by atoms with Crippen LogP contribution in [0.2, 0.25) is 0 Å². The van der Waals surface area contributed by atoms with Gasteiger partial charge in [-0.1, -0.05) is 29.8 Å². The van der Waals surface area contributed by atoms with E-state index in [4.69, 9.17) is 5.11 Å². The second kappa shape index (κ2) is 7.99. The molecule has 24 heavy (non-hydrogen) atoms. The second-order valence-corrected chi connectivity index (χ2v) is 7.30. The molecule has 1 aromatic carbocycles. The summed E-state index contributed by atoms with van der Waals surface area (Å²) in [6.07, 6.45) is 4.82. The smallest absolute Gasteiger partial charge is 0.348 e. The van der Waals surface area contributed by atoms with Gasteiger partial charge in [-0.3, -0.25) is 4.57 Å². The van der Waals surface area contributed by atoms with E-state index in [1.807, 2.05) is 0 Å². The minimum atomic E-state index is -0.171. The van der Waals surface area contributed by atoms with Crippen LogP contribution < -0.4 is 5.69 Å². The molecule has 1 aliphatic rings. The van der Waals surface area contributed by atoms with Crippen molar-refractivity contribution in [3.05, 3.63) is 57.1 Å². The summed E-state index contributed by atoms with van der Waals surface area (Å²) in [7, 11) is 0. The molecule has 1 heterocycles. The van der Waals surface area contributed by atoms with E-state index in [-0.39, 0.29) is 12.3 Å². The van der Waals surface area contributed by atoms with Gasteiger partial charge in [-0.25, -0.2) is 4.79 Å². The number of rotatable bonds is 6. The lowest BCUT2D eigenvalue weighted by atomic mass is 9.97. The van der Waals surface area contributed by atoms with Gasteiger partial charge in [-0.2, -0.15) is 4.98 Å². The third-order valence-corrected chi connectivity index (χ3v) is 5.54. The Morgan fingerprint density at radius 1 is 1.29 bits per heavy atom. The monoisotopic (exact) mass is 344 g/mol. The summed E-state index contributed by atoms with van der Waals surface area (Å²) in [5.41, 5.74) is 4.73. The van der Waals surface area contributed by atoms with Gasteiger partial charge in [0.05, 0.1) is 0 Å². The molecule has 0 amide bonds. The molecular weight excluding hydrogens is 320 g/mol. The molecule has 1 aromatic heterocycles. The number of fused-ring (bicyclic) bond motifs is 1. The molecule has 128 valence electrons. The zero-order valence-electron chi connectivity index (χ0n) is 14.1. The zero-order valence-corrected chi connectivity index (χ0v) is 14.9.